The van der Waals surface area contributed by atoms with E-state index in [1.807, 2.05) is 61.5 Å². The van der Waals surface area contributed by atoms with E-state index in [1.165, 1.54) is 0 Å². The number of ether oxygens (including phenoxy) is 1. The SMILES string of the molecule is CCOc1ccc(NC(=O)c2cc(-c3ccco3)nc3ccccc23)cc1. The van der Waals surface area contributed by atoms with Crippen molar-refractivity contribution in [3.63, 3.8) is 0 Å². The lowest BCUT2D eigenvalue weighted by atomic mass is 10.1. The third-order valence-corrected chi connectivity index (χ3v) is 4.16. The van der Waals surface area contributed by atoms with Gasteiger partial charge in [-0.2, -0.15) is 0 Å². The first-order valence-electron chi connectivity index (χ1n) is 8.72. The highest BCUT2D eigenvalue weighted by atomic mass is 16.5. The van der Waals surface area contributed by atoms with E-state index in [9.17, 15) is 4.79 Å². The van der Waals surface area contributed by atoms with Crippen LogP contribution in [0.5, 0.6) is 5.75 Å². The highest BCUT2D eigenvalue weighted by Crippen LogP contribution is 2.26. The summed E-state index contributed by atoms with van der Waals surface area (Å²) in [6.45, 7) is 2.53. The normalized spacial score (nSPS) is 10.7. The number of furan rings is 1. The number of hydrogen-bond acceptors (Lipinski definition) is 4. The number of benzene rings is 2. The number of rotatable bonds is 5. The van der Waals surface area contributed by atoms with Crippen molar-refractivity contribution in [3.8, 4) is 17.2 Å². The zero-order valence-corrected chi connectivity index (χ0v) is 14.8. The van der Waals surface area contributed by atoms with Crippen LogP contribution in [0.1, 0.15) is 17.3 Å². The quantitative estimate of drug-likeness (QED) is 0.536. The van der Waals surface area contributed by atoms with E-state index in [0.717, 1.165) is 16.7 Å². The Kier molecular flexibility index (Phi) is 4.58. The molecular formula is C22H18N2O3. The van der Waals surface area contributed by atoms with Crippen LogP contribution in [0.15, 0.2) is 77.4 Å². The molecule has 4 rings (SSSR count). The second kappa shape index (κ2) is 7.33. The van der Waals surface area contributed by atoms with Crippen molar-refractivity contribution in [3.05, 3.63) is 78.6 Å². The van der Waals surface area contributed by atoms with Crippen LogP contribution in [0.2, 0.25) is 0 Å². The number of fused-ring (bicyclic) bond motifs is 1. The maximum Gasteiger partial charge on any atom is 0.256 e. The fraction of sp³-hybridized carbons (Fsp3) is 0.0909. The summed E-state index contributed by atoms with van der Waals surface area (Å²) < 4.78 is 10.9. The average molecular weight is 358 g/mol. The summed E-state index contributed by atoms with van der Waals surface area (Å²) in [6, 6.07) is 20.2. The van der Waals surface area contributed by atoms with E-state index in [1.54, 1.807) is 18.4 Å². The molecule has 5 heteroatoms. The Morgan fingerprint density at radius 3 is 2.63 bits per heavy atom. The van der Waals surface area contributed by atoms with Crippen LogP contribution < -0.4 is 10.1 Å². The monoisotopic (exact) mass is 358 g/mol. The molecule has 0 saturated heterocycles. The second-order valence-corrected chi connectivity index (χ2v) is 5.96. The number of amides is 1. The summed E-state index contributed by atoms with van der Waals surface area (Å²) in [5.41, 5.74) is 2.60. The summed E-state index contributed by atoms with van der Waals surface area (Å²) in [6.07, 6.45) is 1.59. The van der Waals surface area contributed by atoms with Gasteiger partial charge in [0.2, 0.25) is 0 Å². The summed E-state index contributed by atoms with van der Waals surface area (Å²) in [4.78, 5) is 17.6. The molecule has 0 atom stereocenters. The molecule has 1 N–H and O–H groups in total. The smallest absolute Gasteiger partial charge is 0.256 e. The topological polar surface area (TPSA) is 64.4 Å². The number of hydrogen-bond donors (Lipinski definition) is 1. The molecule has 2 aromatic carbocycles. The van der Waals surface area contributed by atoms with Gasteiger partial charge in [0.15, 0.2) is 5.76 Å². The number of para-hydroxylation sites is 1. The third kappa shape index (κ3) is 3.53. The number of pyridine rings is 1. The average Bonchev–Trinajstić information content (AvgIpc) is 3.24. The van der Waals surface area contributed by atoms with Crippen LogP contribution in [-0.4, -0.2) is 17.5 Å². The van der Waals surface area contributed by atoms with E-state index in [2.05, 4.69) is 10.3 Å². The minimum atomic E-state index is -0.203. The standard InChI is InChI=1S/C22H18N2O3/c1-2-26-16-11-9-15(10-12-16)23-22(25)18-14-20(21-8-5-13-27-21)24-19-7-4-3-6-17(18)19/h3-14H,2H2,1H3,(H,23,25). The van der Waals surface area contributed by atoms with Gasteiger partial charge >= 0.3 is 0 Å². The molecule has 0 fully saturated rings. The predicted molar refractivity (Wildman–Crippen MR) is 105 cm³/mol. The molecule has 0 saturated carbocycles. The Hall–Kier alpha value is -3.60. The minimum absolute atomic E-state index is 0.203. The molecule has 0 radical (unpaired) electrons. The molecule has 0 unspecified atom stereocenters. The maximum absolute atomic E-state index is 13.0. The maximum atomic E-state index is 13.0. The van der Waals surface area contributed by atoms with E-state index < -0.39 is 0 Å². The Morgan fingerprint density at radius 1 is 1.07 bits per heavy atom. The van der Waals surface area contributed by atoms with Crippen molar-refractivity contribution < 1.29 is 13.9 Å². The highest BCUT2D eigenvalue weighted by molar-refractivity contribution is 6.13. The Balaban J connectivity index is 1.70. The summed E-state index contributed by atoms with van der Waals surface area (Å²) in [7, 11) is 0. The first kappa shape index (κ1) is 16.8. The minimum Gasteiger partial charge on any atom is -0.494 e. The van der Waals surface area contributed by atoms with Crippen LogP contribution in [0.4, 0.5) is 5.69 Å². The van der Waals surface area contributed by atoms with E-state index in [0.29, 0.717) is 29.3 Å². The predicted octanol–water partition coefficient (Wildman–Crippen LogP) is 5.15. The van der Waals surface area contributed by atoms with Crippen LogP contribution in [-0.2, 0) is 0 Å². The summed E-state index contributed by atoms with van der Waals surface area (Å²) >= 11 is 0. The van der Waals surface area contributed by atoms with E-state index in [-0.39, 0.29) is 5.91 Å². The molecule has 0 aliphatic heterocycles. The number of carbonyl (C=O) groups excluding carboxylic acids is 1. The number of carbonyl (C=O) groups is 1. The first-order valence-corrected chi connectivity index (χ1v) is 8.72. The molecule has 0 aliphatic rings. The first-order chi connectivity index (χ1) is 13.2. The van der Waals surface area contributed by atoms with Gasteiger partial charge in [0, 0.05) is 11.1 Å². The van der Waals surface area contributed by atoms with Crippen LogP contribution in [0, 0.1) is 0 Å². The molecule has 4 aromatic rings. The Morgan fingerprint density at radius 2 is 1.89 bits per heavy atom. The van der Waals surface area contributed by atoms with Gasteiger partial charge in [0.25, 0.3) is 5.91 Å². The molecule has 0 spiro atoms. The molecule has 2 aromatic heterocycles. The molecule has 0 aliphatic carbocycles. The molecule has 27 heavy (non-hydrogen) atoms. The van der Waals surface area contributed by atoms with Gasteiger partial charge in [-0.3, -0.25) is 4.79 Å². The lowest BCUT2D eigenvalue weighted by Crippen LogP contribution is -2.13. The zero-order chi connectivity index (χ0) is 18.6. The largest absolute Gasteiger partial charge is 0.494 e. The summed E-state index contributed by atoms with van der Waals surface area (Å²) in [5.74, 6) is 1.19. The lowest BCUT2D eigenvalue weighted by molar-refractivity contribution is 0.102. The third-order valence-electron chi connectivity index (χ3n) is 4.16. The molecule has 134 valence electrons. The number of anilines is 1. The van der Waals surface area contributed by atoms with Crippen molar-refractivity contribution in [2.45, 2.75) is 6.92 Å². The molecular weight excluding hydrogens is 340 g/mol. The Labute approximate surface area is 156 Å². The van der Waals surface area contributed by atoms with Gasteiger partial charge < -0.3 is 14.5 Å². The van der Waals surface area contributed by atoms with Crippen LogP contribution >= 0.6 is 0 Å². The second-order valence-electron chi connectivity index (χ2n) is 5.96. The molecule has 1 amide bonds. The summed E-state index contributed by atoms with van der Waals surface area (Å²) in [5, 5.41) is 3.73. The lowest BCUT2D eigenvalue weighted by Gasteiger charge is -2.10. The van der Waals surface area contributed by atoms with Crippen LogP contribution in [0.25, 0.3) is 22.4 Å². The van der Waals surface area contributed by atoms with E-state index in [4.69, 9.17) is 9.15 Å². The van der Waals surface area contributed by atoms with Crippen molar-refractivity contribution in [2.24, 2.45) is 0 Å². The zero-order valence-electron chi connectivity index (χ0n) is 14.8. The van der Waals surface area contributed by atoms with Gasteiger partial charge in [0.05, 0.1) is 24.0 Å². The number of nitrogens with one attached hydrogen (secondary N) is 1. The molecule has 2 heterocycles. The molecule has 0 bridgehead atoms. The number of aromatic nitrogens is 1. The van der Waals surface area contributed by atoms with Crippen molar-refractivity contribution >= 4 is 22.5 Å². The van der Waals surface area contributed by atoms with Gasteiger partial charge in [0.1, 0.15) is 11.4 Å². The Bertz CT molecular complexity index is 1070. The van der Waals surface area contributed by atoms with Gasteiger partial charge in [-0.1, -0.05) is 18.2 Å². The fourth-order valence-electron chi connectivity index (χ4n) is 2.91. The number of nitrogens with zero attached hydrogens (tertiary/aromatic N) is 1. The van der Waals surface area contributed by atoms with Crippen molar-refractivity contribution in [1.29, 1.82) is 0 Å². The van der Waals surface area contributed by atoms with Gasteiger partial charge in [-0.25, -0.2) is 4.98 Å². The van der Waals surface area contributed by atoms with Crippen molar-refractivity contribution in [1.82, 2.24) is 4.98 Å². The van der Waals surface area contributed by atoms with Gasteiger partial charge in [-0.05, 0) is 55.5 Å². The van der Waals surface area contributed by atoms with E-state index >= 15 is 0 Å². The van der Waals surface area contributed by atoms with Crippen molar-refractivity contribution in [2.75, 3.05) is 11.9 Å². The van der Waals surface area contributed by atoms with Crippen LogP contribution in [0.3, 0.4) is 0 Å². The van der Waals surface area contributed by atoms with Gasteiger partial charge in [-0.15, -0.1) is 0 Å². The molecule has 5 nitrogen and oxygen atoms in total. The highest BCUT2D eigenvalue weighted by Gasteiger charge is 2.15. The fourth-order valence-corrected chi connectivity index (χ4v) is 2.91.